The number of anilines is 2. The van der Waals surface area contributed by atoms with Crippen LogP contribution >= 0.6 is 15.9 Å². The Morgan fingerprint density at radius 3 is 2.32 bits per heavy atom. The molecule has 0 fully saturated rings. The van der Waals surface area contributed by atoms with E-state index in [4.69, 9.17) is 0 Å². The van der Waals surface area contributed by atoms with Crippen molar-refractivity contribution in [2.75, 3.05) is 5.32 Å². The molecule has 0 atom stereocenters. The monoisotopic (exact) mass is 322 g/mol. The molecule has 0 saturated carbocycles. The van der Waals surface area contributed by atoms with Crippen molar-refractivity contribution in [1.29, 1.82) is 0 Å². The van der Waals surface area contributed by atoms with E-state index < -0.39 is 0 Å². The minimum absolute atomic E-state index is 0.111. The average molecular weight is 323 g/mol. The van der Waals surface area contributed by atoms with Gasteiger partial charge in [0, 0.05) is 16.4 Å². The Labute approximate surface area is 121 Å². The van der Waals surface area contributed by atoms with Crippen LogP contribution in [0.4, 0.5) is 15.9 Å². The van der Waals surface area contributed by atoms with Crippen molar-refractivity contribution in [3.8, 4) is 0 Å². The zero-order valence-corrected chi connectivity index (χ0v) is 12.8. The van der Waals surface area contributed by atoms with Crippen molar-refractivity contribution in [3.05, 3.63) is 52.4 Å². The second kappa shape index (κ2) is 5.29. The minimum Gasteiger partial charge on any atom is -0.338 e. The van der Waals surface area contributed by atoms with E-state index in [1.54, 1.807) is 6.20 Å². The Hall–Kier alpha value is -1.42. The highest BCUT2D eigenvalue weighted by atomic mass is 79.9. The fourth-order valence-corrected chi connectivity index (χ4v) is 2.00. The van der Waals surface area contributed by atoms with Crippen molar-refractivity contribution in [2.45, 2.75) is 26.2 Å². The number of rotatable bonds is 2. The Kier molecular flexibility index (Phi) is 3.90. The van der Waals surface area contributed by atoms with E-state index in [1.165, 1.54) is 11.6 Å². The molecule has 2 aromatic rings. The van der Waals surface area contributed by atoms with Crippen LogP contribution in [0.15, 0.2) is 41.0 Å². The van der Waals surface area contributed by atoms with Gasteiger partial charge in [-0.25, -0.2) is 9.37 Å². The number of nitrogens with one attached hydrogen (secondary N) is 1. The average Bonchev–Trinajstić information content (AvgIpc) is 2.32. The molecule has 0 bridgehead atoms. The molecule has 1 N–H and O–H groups in total. The molecule has 0 aliphatic heterocycles. The van der Waals surface area contributed by atoms with Crippen LogP contribution < -0.4 is 5.32 Å². The van der Waals surface area contributed by atoms with E-state index in [1.807, 2.05) is 24.3 Å². The summed E-state index contributed by atoms with van der Waals surface area (Å²) in [5.41, 5.74) is 2.17. The van der Waals surface area contributed by atoms with Gasteiger partial charge in [0.2, 0.25) is 0 Å². The third-order valence-electron chi connectivity index (χ3n) is 2.82. The van der Waals surface area contributed by atoms with Gasteiger partial charge in [-0.15, -0.1) is 0 Å². The molecular weight excluding hydrogens is 307 g/mol. The zero-order valence-electron chi connectivity index (χ0n) is 11.2. The number of hydrogen-bond acceptors (Lipinski definition) is 2. The maximum atomic E-state index is 13.6. The quantitative estimate of drug-likeness (QED) is 0.839. The van der Waals surface area contributed by atoms with Crippen LogP contribution in [0.2, 0.25) is 0 Å². The van der Waals surface area contributed by atoms with Crippen LogP contribution in [-0.2, 0) is 5.41 Å². The van der Waals surface area contributed by atoms with Gasteiger partial charge < -0.3 is 5.32 Å². The van der Waals surface area contributed by atoms with Crippen LogP contribution in [0.25, 0.3) is 0 Å². The first-order chi connectivity index (χ1) is 8.86. The molecule has 0 aliphatic rings. The van der Waals surface area contributed by atoms with Gasteiger partial charge in [0.15, 0.2) is 11.6 Å². The summed E-state index contributed by atoms with van der Waals surface area (Å²) in [6.45, 7) is 6.47. The Balaban J connectivity index is 2.20. The van der Waals surface area contributed by atoms with Crippen molar-refractivity contribution in [3.63, 3.8) is 0 Å². The van der Waals surface area contributed by atoms with Crippen LogP contribution in [0, 0.1) is 5.82 Å². The molecule has 1 aromatic carbocycles. The van der Waals surface area contributed by atoms with Gasteiger partial charge in [0.05, 0.1) is 0 Å². The molecular formula is C15H16BrFN2. The third-order valence-corrected chi connectivity index (χ3v) is 3.26. The van der Waals surface area contributed by atoms with Gasteiger partial charge in [-0.1, -0.05) is 32.9 Å². The molecule has 0 aliphatic carbocycles. The number of aromatic nitrogens is 1. The van der Waals surface area contributed by atoms with E-state index >= 15 is 0 Å². The number of nitrogens with zero attached hydrogens (tertiary/aromatic N) is 1. The zero-order chi connectivity index (χ0) is 14.0. The highest BCUT2D eigenvalue weighted by molar-refractivity contribution is 9.10. The van der Waals surface area contributed by atoms with Gasteiger partial charge in [0.25, 0.3) is 0 Å². The lowest BCUT2D eigenvalue weighted by Crippen LogP contribution is -2.10. The summed E-state index contributed by atoms with van der Waals surface area (Å²) in [4.78, 5) is 4.01. The highest BCUT2D eigenvalue weighted by Crippen LogP contribution is 2.25. The molecule has 0 saturated heterocycles. The smallest absolute Gasteiger partial charge is 0.166 e. The summed E-state index contributed by atoms with van der Waals surface area (Å²) in [6.07, 6.45) is 1.56. The van der Waals surface area contributed by atoms with Crippen molar-refractivity contribution in [1.82, 2.24) is 4.98 Å². The molecule has 1 heterocycles. The molecule has 19 heavy (non-hydrogen) atoms. The second-order valence-corrected chi connectivity index (χ2v) is 6.35. The molecule has 0 radical (unpaired) electrons. The maximum Gasteiger partial charge on any atom is 0.166 e. The summed E-state index contributed by atoms with van der Waals surface area (Å²) in [7, 11) is 0. The number of hydrogen-bond donors (Lipinski definition) is 1. The van der Waals surface area contributed by atoms with Crippen LogP contribution in [0.1, 0.15) is 26.3 Å². The van der Waals surface area contributed by atoms with Crippen LogP contribution in [0.5, 0.6) is 0 Å². The van der Waals surface area contributed by atoms with Gasteiger partial charge in [-0.2, -0.15) is 0 Å². The molecule has 0 amide bonds. The number of halogens is 2. The summed E-state index contributed by atoms with van der Waals surface area (Å²) < 4.78 is 14.3. The molecule has 2 rings (SSSR count). The molecule has 0 spiro atoms. The summed E-state index contributed by atoms with van der Waals surface area (Å²) in [5, 5.41) is 2.97. The normalized spacial score (nSPS) is 11.4. The Morgan fingerprint density at radius 2 is 1.79 bits per heavy atom. The second-order valence-electron chi connectivity index (χ2n) is 5.44. The first kappa shape index (κ1) is 14.0. The fraction of sp³-hybridized carbons (Fsp3) is 0.267. The van der Waals surface area contributed by atoms with E-state index in [2.05, 4.69) is 47.0 Å². The molecule has 0 unspecified atom stereocenters. The lowest BCUT2D eigenvalue weighted by atomic mass is 9.87. The first-order valence-corrected chi connectivity index (χ1v) is 6.84. The van der Waals surface area contributed by atoms with E-state index in [0.29, 0.717) is 4.47 Å². The minimum atomic E-state index is -0.380. The Morgan fingerprint density at radius 1 is 1.16 bits per heavy atom. The lowest BCUT2D eigenvalue weighted by molar-refractivity contribution is 0.590. The highest BCUT2D eigenvalue weighted by Gasteiger charge is 2.13. The standard InChI is InChI=1S/C15H16BrFN2/c1-15(2,3)10-4-6-12(7-5-10)19-14-13(17)8-11(16)9-18-14/h4-9H,1-3H3,(H,18,19). The lowest BCUT2D eigenvalue weighted by Gasteiger charge is -2.19. The maximum absolute atomic E-state index is 13.6. The molecule has 4 heteroatoms. The summed E-state index contributed by atoms with van der Waals surface area (Å²) in [5.74, 6) is -0.152. The van der Waals surface area contributed by atoms with Gasteiger partial charge in [-0.05, 0) is 45.1 Å². The fourth-order valence-electron chi connectivity index (χ4n) is 1.70. The molecule has 1 aromatic heterocycles. The summed E-state index contributed by atoms with van der Waals surface area (Å²) in [6, 6.07) is 9.34. The van der Waals surface area contributed by atoms with E-state index in [-0.39, 0.29) is 17.1 Å². The van der Waals surface area contributed by atoms with Gasteiger partial charge >= 0.3 is 0 Å². The summed E-state index contributed by atoms with van der Waals surface area (Å²) >= 11 is 3.18. The molecule has 100 valence electrons. The van der Waals surface area contributed by atoms with Gasteiger partial charge in [-0.3, -0.25) is 0 Å². The van der Waals surface area contributed by atoms with Crippen molar-refractivity contribution >= 4 is 27.4 Å². The topological polar surface area (TPSA) is 24.9 Å². The van der Waals surface area contributed by atoms with Crippen LogP contribution in [-0.4, -0.2) is 4.98 Å². The first-order valence-electron chi connectivity index (χ1n) is 6.05. The predicted molar refractivity (Wildman–Crippen MR) is 80.3 cm³/mol. The van der Waals surface area contributed by atoms with Gasteiger partial charge in [0.1, 0.15) is 0 Å². The third kappa shape index (κ3) is 3.53. The Bertz CT molecular complexity index is 574. The van der Waals surface area contributed by atoms with Crippen molar-refractivity contribution in [2.24, 2.45) is 0 Å². The predicted octanol–water partition coefficient (Wildman–Crippen LogP) is 5.02. The number of pyridine rings is 1. The molecule has 2 nitrogen and oxygen atoms in total. The number of benzene rings is 1. The van der Waals surface area contributed by atoms with Crippen molar-refractivity contribution < 1.29 is 4.39 Å². The van der Waals surface area contributed by atoms with E-state index in [0.717, 1.165) is 5.69 Å². The van der Waals surface area contributed by atoms with E-state index in [9.17, 15) is 4.39 Å². The van der Waals surface area contributed by atoms with Crippen LogP contribution in [0.3, 0.4) is 0 Å². The SMILES string of the molecule is CC(C)(C)c1ccc(Nc2ncc(Br)cc2F)cc1. The largest absolute Gasteiger partial charge is 0.338 e.